The van der Waals surface area contributed by atoms with Crippen LogP contribution in [0.3, 0.4) is 0 Å². The Morgan fingerprint density at radius 2 is 2.13 bits per heavy atom. The molecule has 1 atom stereocenters. The topological polar surface area (TPSA) is 64.2 Å². The predicted octanol–water partition coefficient (Wildman–Crippen LogP) is 1.46. The summed E-state index contributed by atoms with van der Waals surface area (Å²) in [7, 11) is 0. The molecule has 3 rings (SSSR count). The van der Waals surface area contributed by atoms with Crippen LogP contribution in [0.4, 0.5) is 8.78 Å². The number of benzene rings is 1. The van der Waals surface area contributed by atoms with Crippen LogP contribution in [0.2, 0.25) is 0 Å². The molecule has 0 bridgehead atoms. The van der Waals surface area contributed by atoms with E-state index in [0.29, 0.717) is 25.1 Å². The second-order valence-corrected chi connectivity index (χ2v) is 5.77. The average molecular weight is 320 g/mol. The fraction of sp³-hybridized carbons (Fsp3) is 0.375. The molecular formula is C16H18F2N4O. The molecule has 1 aliphatic rings. The molecule has 1 aromatic carbocycles. The molecule has 1 aromatic heterocycles. The normalized spacial score (nSPS) is 15.3. The Hall–Kier alpha value is -2.28. The molecule has 1 amide bonds. The minimum atomic E-state index is -0.899. The number of amides is 1. The Kier molecular flexibility index (Phi) is 4.38. The van der Waals surface area contributed by atoms with Crippen molar-refractivity contribution >= 4 is 5.91 Å². The third kappa shape index (κ3) is 3.56. The van der Waals surface area contributed by atoms with E-state index in [0.717, 1.165) is 24.5 Å². The first-order valence-electron chi connectivity index (χ1n) is 7.50. The molecule has 0 radical (unpaired) electrons. The van der Waals surface area contributed by atoms with E-state index in [-0.39, 0.29) is 12.3 Å². The summed E-state index contributed by atoms with van der Waals surface area (Å²) < 4.78 is 28.1. The second kappa shape index (κ2) is 6.45. The number of carbonyl (C=O) groups excluding carboxylic acids is 1. The lowest BCUT2D eigenvalue weighted by Gasteiger charge is -2.28. The zero-order valence-corrected chi connectivity index (χ0v) is 12.6. The summed E-state index contributed by atoms with van der Waals surface area (Å²) in [6, 6.07) is 3.25. The van der Waals surface area contributed by atoms with Crippen molar-refractivity contribution in [1.82, 2.24) is 14.5 Å². The maximum atomic E-state index is 13.2. The van der Waals surface area contributed by atoms with Crippen LogP contribution in [-0.2, 0) is 24.3 Å². The van der Waals surface area contributed by atoms with Gasteiger partial charge in [-0.05, 0) is 24.1 Å². The van der Waals surface area contributed by atoms with E-state index >= 15 is 0 Å². The van der Waals surface area contributed by atoms with E-state index in [1.165, 1.54) is 6.07 Å². The van der Waals surface area contributed by atoms with E-state index in [1.54, 1.807) is 11.1 Å². The lowest BCUT2D eigenvalue weighted by atomic mass is 10.0. The Morgan fingerprint density at radius 3 is 2.91 bits per heavy atom. The molecule has 0 spiro atoms. The Bertz CT molecular complexity index is 716. The molecule has 2 aromatic rings. The van der Waals surface area contributed by atoms with E-state index < -0.39 is 17.7 Å². The second-order valence-electron chi connectivity index (χ2n) is 5.77. The van der Waals surface area contributed by atoms with Gasteiger partial charge in [-0.2, -0.15) is 0 Å². The lowest BCUT2D eigenvalue weighted by molar-refractivity contribution is -0.133. The number of carbonyl (C=O) groups is 1. The van der Waals surface area contributed by atoms with Gasteiger partial charge in [0, 0.05) is 37.9 Å². The van der Waals surface area contributed by atoms with Gasteiger partial charge in [-0.1, -0.05) is 6.07 Å². The van der Waals surface area contributed by atoms with Crippen molar-refractivity contribution < 1.29 is 13.6 Å². The van der Waals surface area contributed by atoms with Crippen LogP contribution >= 0.6 is 0 Å². The van der Waals surface area contributed by atoms with E-state index in [9.17, 15) is 13.6 Å². The molecular weight excluding hydrogens is 302 g/mol. The van der Waals surface area contributed by atoms with Crippen LogP contribution in [-0.4, -0.2) is 32.9 Å². The standard InChI is InChI=1S/C16H18F2N4O/c17-13-2-1-11(8-14(13)18)7-12(19)9-16(23)22-6-5-21-4-3-20-15(21)10-22/h1-4,8,12H,5-7,9-10,19H2/t12-/m1/s1. The van der Waals surface area contributed by atoms with E-state index in [2.05, 4.69) is 4.98 Å². The molecule has 1 aliphatic heterocycles. The van der Waals surface area contributed by atoms with Gasteiger partial charge in [-0.25, -0.2) is 13.8 Å². The summed E-state index contributed by atoms with van der Waals surface area (Å²) in [6.45, 7) is 1.82. The number of hydrogen-bond donors (Lipinski definition) is 1. The first kappa shape index (κ1) is 15.6. The molecule has 122 valence electrons. The van der Waals surface area contributed by atoms with Gasteiger partial charge in [0.15, 0.2) is 11.6 Å². The molecule has 2 N–H and O–H groups in total. The van der Waals surface area contributed by atoms with Crippen LogP contribution < -0.4 is 5.73 Å². The van der Waals surface area contributed by atoms with Crippen molar-refractivity contribution in [1.29, 1.82) is 0 Å². The summed E-state index contributed by atoms with van der Waals surface area (Å²) in [5.74, 6) is -0.973. The highest BCUT2D eigenvalue weighted by molar-refractivity contribution is 5.76. The molecule has 7 heteroatoms. The zero-order valence-electron chi connectivity index (χ0n) is 12.6. The number of nitrogens with two attached hydrogens (primary N) is 1. The smallest absolute Gasteiger partial charge is 0.224 e. The molecule has 0 unspecified atom stereocenters. The van der Waals surface area contributed by atoms with Crippen LogP contribution in [0.5, 0.6) is 0 Å². The monoisotopic (exact) mass is 320 g/mol. The van der Waals surface area contributed by atoms with Crippen molar-refractivity contribution in [3.05, 3.63) is 53.6 Å². The van der Waals surface area contributed by atoms with Crippen molar-refractivity contribution in [2.24, 2.45) is 5.73 Å². The third-order valence-corrected chi connectivity index (χ3v) is 4.02. The highest BCUT2D eigenvalue weighted by Crippen LogP contribution is 2.14. The molecule has 0 fully saturated rings. The number of imidazole rings is 1. The first-order valence-corrected chi connectivity index (χ1v) is 7.50. The van der Waals surface area contributed by atoms with Crippen LogP contribution in [0, 0.1) is 11.6 Å². The number of halogens is 2. The Balaban J connectivity index is 1.56. The third-order valence-electron chi connectivity index (χ3n) is 4.02. The maximum absolute atomic E-state index is 13.2. The number of rotatable bonds is 4. The molecule has 0 aliphatic carbocycles. The Labute approximate surface area is 132 Å². The van der Waals surface area contributed by atoms with Crippen molar-refractivity contribution in [2.75, 3.05) is 6.54 Å². The minimum Gasteiger partial charge on any atom is -0.333 e. The number of nitrogens with zero attached hydrogens (tertiary/aromatic N) is 3. The highest BCUT2D eigenvalue weighted by atomic mass is 19.2. The summed E-state index contributed by atoms with van der Waals surface area (Å²) in [5, 5.41) is 0. The fourth-order valence-corrected chi connectivity index (χ4v) is 2.78. The van der Waals surface area contributed by atoms with Gasteiger partial charge in [0.05, 0.1) is 6.54 Å². The number of fused-ring (bicyclic) bond motifs is 1. The predicted molar refractivity (Wildman–Crippen MR) is 80.3 cm³/mol. The Morgan fingerprint density at radius 1 is 1.30 bits per heavy atom. The van der Waals surface area contributed by atoms with Gasteiger partial charge < -0.3 is 15.2 Å². The van der Waals surface area contributed by atoms with Gasteiger partial charge in [0.25, 0.3) is 0 Å². The quantitative estimate of drug-likeness (QED) is 0.928. The van der Waals surface area contributed by atoms with E-state index in [1.807, 2.05) is 10.8 Å². The first-order chi connectivity index (χ1) is 11.0. The zero-order chi connectivity index (χ0) is 16.4. The molecule has 2 heterocycles. The van der Waals surface area contributed by atoms with E-state index in [4.69, 9.17) is 5.73 Å². The highest BCUT2D eigenvalue weighted by Gasteiger charge is 2.22. The average Bonchev–Trinajstić information content (AvgIpc) is 2.98. The van der Waals surface area contributed by atoms with Crippen LogP contribution in [0.15, 0.2) is 30.6 Å². The maximum Gasteiger partial charge on any atom is 0.224 e. The van der Waals surface area contributed by atoms with Crippen molar-refractivity contribution in [3.63, 3.8) is 0 Å². The van der Waals surface area contributed by atoms with Gasteiger partial charge in [-0.15, -0.1) is 0 Å². The van der Waals surface area contributed by atoms with Gasteiger partial charge >= 0.3 is 0 Å². The van der Waals surface area contributed by atoms with Crippen LogP contribution in [0.1, 0.15) is 17.8 Å². The fourth-order valence-electron chi connectivity index (χ4n) is 2.78. The van der Waals surface area contributed by atoms with Gasteiger partial charge in [-0.3, -0.25) is 4.79 Å². The minimum absolute atomic E-state index is 0.0469. The largest absolute Gasteiger partial charge is 0.333 e. The molecule has 23 heavy (non-hydrogen) atoms. The summed E-state index contributed by atoms with van der Waals surface area (Å²) in [4.78, 5) is 18.3. The molecule has 0 saturated carbocycles. The number of aromatic nitrogens is 2. The molecule has 0 saturated heterocycles. The van der Waals surface area contributed by atoms with Gasteiger partial charge in [0.2, 0.25) is 5.91 Å². The van der Waals surface area contributed by atoms with Crippen LogP contribution in [0.25, 0.3) is 0 Å². The molecule has 5 nitrogen and oxygen atoms in total. The van der Waals surface area contributed by atoms with Gasteiger partial charge in [0.1, 0.15) is 5.82 Å². The SMILES string of the molecule is N[C@@H](CC(=O)N1CCn2ccnc2C1)Cc1ccc(F)c(F)c1. The van der Waals surface area contributed by atoms with Crippen molar-refractivity contribution in [2.45, 2.75) is 32.0 Å². The summed E-state index contributed by atoms with van der Waals surface area (Å²) in [6.07, 6.45) is 4.11. The lowest BCUT2D eigenvalue weighted by Crippen LogP contribution is -2.41. The van der Waals surface area contributed by atoms with Crippen molar-refractivity contribution in [3.8, 4) is 0 Å². The number of hydrogen-bond acceptors (Lipinski definition) is 3. The summed E-state index contributed by atoms with van der Waals surface area (Å²) in [5.41, 5.74) is 6.57. The summed E-state index contributed by atoms with van der Waals surface area (Å²) >= 11 is 0.